The number of anilines is 1. The molecular formula is C21H19ClFNO2. The molecule has 0 radical (unpaired) electrons. The fourth-order valence-corrected chi connectivity index (χ4v) is 2.68. The van der Waals surface area contributed by atoms with Crippen LogP contribution in [0.15, 0.2) is 66.7 Å². The number of nitrogens with one attached hydrogen (secondary N) is 1. The zero-order chi connectivity index (χ0) is 18.4. The summed E-state index contributed by atoms with van der Waals surface area (Å²) in [7, 11) is 1.65. The molecule has 0 spiro atoms. The average Bonchev–Trinajstić information content (AvgIpc) is 2.66. The highest BCUT2D eigenvalue weighted by Crippen LogP contribution is 2.21. The van der Waals surface area contributed by atoms with Crippen LogP contribution in [0.2, 0.25) is 5.02 Å². The monoisotopic (exact) mass is 371 g/mol. The molecule has 0 unspecified atom stereocenters. The van der Waals surface area contributed by atoms with Gasteiger partial charge in [0.05, 0.1) is 12.1 Å². The Balaban J connectivity index is 1.58. The molecule has 0 amide bonds. The second-order valence-electron chi connectivity index (χ2n) is 5.75. The normalized spacial score (nSPS) is 10.4. The third-order valence-corrected chi connectivity index (χ3v) is 4.25. The lowest BCUT2D eigenvalue weighted by Crippen LogP contribution is -2.01. The molecule has 134 valence electrons. The van der Waals surface area contributed by atoms with Gasteiger partial charge in [0.2, 0.25) is 0 Å². The van der Waals surface area contributed by atoms with E-state index in [1.54, 1.807) is 13.2 Å². The molecule has 0 aliphatic heterocycles. The highest BCUT2D eigenvalue weighted by atomic mass is 35.5. The maximum Gasteiger partial charge on any atom is 0.124 e. The molecule has 0 fully saturated rings. The van der Waals surface area contributed by atoms with Gasteiger partial charge >= 0.3 is 0 Å². The van der Waals surface area contributed by atoms with Crippen molar-refractivity contribution in [3.63, 3.8) is 0 Å². The first-order valence-electron chi connectivity index (χ1n) is 8.17. The van der Waals surface area contributed by atoms with E-state index in [-0.39, 0.29) is 12.4 Å². The lowest BCUT2D eigenvalue weighted by Gasteiger charge is -2.11. The molecule has 0 aliphatic rings. The summed E-state index contributed by atoms with van der Waals surface area (Å²) in [6.07, 6.45) is 0. The number of benzene rings is 3. The van der Waals surface area contributed by atoms with Crippen LogP contribution in [0.5, 0.6) is 11.5 Å². The summed E-state index contributed by atoms with van der Waals surface area (Å²) in [6.45, 7) is 0.954. The molecule has 0 aliphatic carbocycles. The van der Waals surface area contributed by atoms with Crippen molar-refractivity contribution in [1.29, 1.82) is 0 Å². The van der Waals surface area contributed by atoms with Gasteiger partial charge in [-0.1, -0.05) is 29.8 Å². The largest absolute Gasteiger partial charge is 0.497 e. The van der Waals surface area contributed by atoms with Gasteiger partial charge in [0, 0.05) is 17.8 Å². The number of hydrogen-bond acceptors (Lipinski definition) is 3. The minimum absolute atomic E-state index is 0.286. The molecule has 0 bridgehead atoms. The van der Waals surface area contributed by atoms with Crippen LogP contribution in [0.3, 0.4) is 0 Å². The van der Waals surface area contributed by atoms with E-state index in [2.05, 4.69) is 5.32 Å². The molecule has 5 heteroatoms. The van der Waals surface area contributed by atoms with Crippen LogP contribution in [-0.4, -0.2) is 7.11 Å². The minimum atomic E-state index is -0.356. The Labute approximate surface area is 157 Å². The van der Waals surface area contributed by atoms with Gasteiger partial charge in [-0.2, -0.15) is 0 Å². The number of rotatable bonds is 7. The van der Waals surface area contributed by atoms with E-state index in [0.29, 0.717) is 11.6 Å². The number of methoxy groups -OCH3 is 1. The molecule has 0 saturated carbocycles. The first-order valence-corrected chi connectivity index (χ1v) is 8.55. The maximum absolute atomic E-state index is 13.1. The maximum atomic E-state index is 13.1. The van der Waals surface area contributed by atoms with Gasteiger partial charge in [-0.15, -0.1) is 0 Å². The summed E-state index contributed by atoms with van der Waals surface area (Å²) in [5.41, 5.74) is 2.84. The lowest BCUT2D eigenvalue weighted by molar-refractivity contribution is 0.306. The van der Waals surface area contributed by atoms with Crippen molar-refractivity contribution in [3.8, 4) is 11.5 Å². The fourth-order valence-electron chi connectivity index (χ4n) is 2.46. The molecule has 3 rings (SSSR count). The number of halogens is 2. The second-order valence-corrected chi connectivity index (χ2v) is 6.16. The lowest BCUT2D eigenvalue weighted by atomic mass is 10.2. The van der Waals surface area contributed by atoms with Crippen LogP contribution < -0.4 is 14.8 Å². The minimum Gasteiger partial charge on any atom is -0.497 e. The topological polar surface area (TPSA) is 30.5 Å². The Kier molecular flexibility index (Phi) is 5.97. The van der Waals surface area contributed by atoms with Crippen molar-refractivity contribution in [2.24, 2.45) is 0 Å². The van der Waals surface area contributed by atoms with Crippen LogP contribution in [0.25, 0.3) is 0 Å². The summed E-state index contributed by atoms with van der Waals surface area (Å²) in [4.78, 5) is 0. The Morgan fingerprint density at radius 1 is 0.962 bits per heavy atom. The van der Waals surface area contributed by atoms with Crippen molar-refractivity contribution in [3.05, 3.63) is 88.7 Å². The van der Waals surface area contributed by atoms with Gasteiger partial charge in [-0.05, 0) is 54.1 Å². The van der Waals surface area contributed by atoms with E-state index < -0.39 is 0 Å². The summed E-state index contributed by atoms with van der Waals surface area (Å²) in [5.74, 6) is 1.20. The Hall–Kier alpha value is -2.72. The van der Waals surface area contributed by atoms with Crippen LogP contribution in [-0.2, 0) is 13.2 Å². The molecular weight excluding hydrogens is 353 g/mol. The molecule has 0 heterocycles. The molecule has 26 heavy (non-hydrogen) atoms. The van der Waals surface area contributed by atoms with E-state index in [1.165, 1.54) is 12.1 Å². The highest BCUT2D eigenvalue weighted by molar-refractivity contribution is 6.31. The van der Waals surface area contributed by atoms with Crippen LogP contribution in [0.1, 0.15) is 11.1 Å². The standard InChI is InChI=1S/C21H19ClFNO2/c1-25-19-9-7-18(8-10-19)24-13-15-3-2-4-20(11-15)26-14-16-5-6-17(23)12-21(16)22/h2-12,24H,13-14H2,1H3. The van der Waals surface area contributed by atoms with Gasteiger partial charge in [-0.25, -0.2) is 4.39 Å². The molecule has 1 N–H and O–H groups in total. The summed E-state index contributed by atoms with van der Waals surface area (Å²) >= 11 is 6.03. The smallest absolute Gasteiger partial charge is 0.124 e. The summed E-state index contributed by atoms with van der Waals surface area (Å²) in [5, 5.41) is 3.72. The van der Waals surface area contributed by atoms with Crippen molar-refractivity contribution < 1.29 is 13.9 Å². The number of ether oxygens (including phenoxy) is 2. The van der Waals surface area contributed by atoms with Crippen LogP contribution in [0.4, 0.5) is 10.1 Å². The van der Waals surface area contributed by atoms with E-state index in [9.17, 15) is 4.39 Å². The quantitative estimate of drug-likeness (QED) is 0.579. The first-order chi connectivity index (χ1) is 12.6. The third kappa shape index (κ3) is 4.90. The van der Waals surface area contributed by atoms with Gasteiger partial charge in [0.25, 0.3) is 0 Å². The molecule has 0 aromatic heterocycles. The molecule has 3 aromatic rings. The molecule has 3 nitrogen and oxygen atoms in total. The van der Waals surface area contributed by atoms with E-state index in [1.807, 2.05) is 48.5 Å². The van der Waals surface area contributed by atoms with Crippen molar-refractivity contribution >= 4 is 17.3 Å². The van der Waals surface area contributed by atoms with Crippen molar-refractivity contribution in [2.75, 3.05) is 12.4 Å². The average molecular weight is 372 g/mol. The van der Waals surface area contributed by atoms with Gasteiger partial charge < -0.3 is 14.8 Å². The Morgan fingerprint density at radius 2 is 1.77 bits per heavy atom. The predicted octanol–water partition coefficient (Wildman–Crippen LogP) is 5.68. The second kappa shape index (κ2) is 8.59. The first kappa shape index (κ1) is 18.1. The van der Waals surface area contributed by atoms with Crippen LogP contribution >= 0.6 is 11.6 Å². The van der Waals surface area contributed by atoms with Crippen molar-refractivity contribution in [1.82, 2.24) is 0 Å². The molecule has 3 aromatic carbocycles. The highest BCUT2D eigenvalue weighted by Gasteiger charge is 2.04. The zero-order valence-electron chi connectivity index (χ0n) is 14.3. The summed E-state index contributed by atoms with van der Waals surface area (Å²) in [6, 6.07) is 19.9. The Morgan fingerprint density at radius 3 is 2.50 bits per heavy atom. The van der Waals surface area contributed by atoms with E-state index in [4.69, 9.17) is 21.1 Å². The SMILES string of the molecule is COc1ccc(NCc2cccc(OCc3ccc(F)cc3Cl)c2)cc1. The van der Waals surface area contributed by atoms with E-state index in [0.717, 1.165) is 28.3 Å². The fraction of sp³-hybridized carbons (Fsp3) is 0.143. The predicted molar refractivity (Wildman–Crippen MR) is 103 cm³/mol. The Bertz CT molecular complexity index is 868. The van der Waals surface area contributed by atoms with Crippen molar-refractivity contribution in [2.45, 2.75) is 13.2 Å². The van der Waals surface area contributed by atoms with E-state index >= 15 is 0 Å². The third-order valence-electron chi connectivity index (χ3n) is 3.89. The number of hydrogen-bond donors (Lipinski definition) is 1. The van der Waals surface area contributed by atoms with Gasteiger partial charge in [0.1, 0.15) is 23.9 Å². The zero-order valence-corrected chi connectivity index (χ0v) is 15.1. The van der Waals surface area contributed by atoms with Crippen LogP contribution in [0, 0.1) is 5.82 Å². The molecule has 0 saturated heterocycles. The van der Waals surface area contributed by atoms with Gasteiger partial charge in [0.15, 0.2) is 0 Å². The molecule has 0 atom stereocenters. The van der Waals surface area contributed by atoms with Gasteiger partial charge in [-0.3, -0.25) is 0 Å². The summed E-state index contributed by atoms with van der Waals surface area (Å²) < 4.78 is 24.0.